The summed E-state index contributed by atoms with van der Waals surface area (Å²) in [4.78, 5) is 14.1. The first-order valence-electron chi connectivity index (χ1n) is 7.48. The van der Waals surface area contributed by atoms with Crippen molar-refractivity contribution >= 4 is 6.03 Å². The summed E-state index contributed by atoms with van der Waals surface area (Å²) in [6.07, 6.45) is 5.46. The Morgan fingerprint density at radius 1 is 1.20 bits per heavy atom. The zero-order chi connectivity index (χ0) is 14.4. The average molecular weight is 276 g/mol. The summed E-state index contributed by atoms with van der Waals surface area (Å²) >= 11 is 0. The second kappa shape index (κ2) is 7.17. The van der Waals surface area contributed by atoms with Gasteiger partial charge in [0.25, 0.3) is 0 Å². The number of phenolic OH excluding ortho intramolecular Hbond substituents is 1. The maximum absolute atomic E-state index is 12.2. The minimum absolute atomic E-state index is 0.0539. The quantitative estimate of drug-likeness (QED) is 0.892. The van der Waals surface area contributed by atoms with Gasteiger partial charge >= 0.3 is 6.03 Å². The van der Waals surface area contributed by atoms with Crippen molar-refractivity contribution in [1.29, 1.82) is 0 Å². The zero-order valence-corrected chi connectivity index (χ0v) is 12.1. The molecule has 1 aliphatic heterocycles. The number of aromatic hydroxyl groups is 1. The minimum Gasteiger partial charge on any atom is -0.508 e. The zero-order valence-electron chi connectivity index (χ0n) is 12.1. The molecule has 0 saturated carbocycles. The number of nitrogens with zero attached hydrogens (tertiary/aromatic N) is 1. The highest BCUT2D eigenvalue weighted by atomic mass is 16.3. The molecule has 1 fully saturated rings. The SMILES string of the molecule is CC(Cc1ccc(O)cc1)NC(=O)N1CCCCCC1. The second-order valence-corrected chi connectivity index (χ2v) is 5.62. The highest BCUT2D eigenvalue weighted by Gasteiger charge is 2.17. The van der Waals surface area contributed by atoms with Crippen LogP contribution in [0, 0.1) is 0 Å². The van der Waals surface area contributed by atoms with Crippen LogP contribution in [-0.2, 0) is 6.42 Å². The summed E-state index contributed by atoms with van der Waals surface area (Å²) < 4.78 is 0. The third kappa shape index (κ3) is 4.44. The van der Waals surface area contributed by atoms with E-state index < -0.39 is 0 Å². The number of carbonyl (C=O) groups is 1. The monoisotopic (exact) mass is 276 g/mol. The number of carbonyl (C=O) groups excluding carboxylic acids is 1. The molecule has 1 unspecified atom stereocenters. The molecule has 1 atom stereocenters. The first-order valence-corrected chi connectivity index (χ1v) is 7.48. The summed E-state index contributed by atoms with van der Waals surface area (Å²) in [6.45, 7) is 3.76. The maximum atomic E-state index is 12.2. The Kier molecular flexibility index (Phi) is 5.27. The molecule has 4 nitrogen and oxygen atoms in total. The maximum Gasteiger partial charge on any atom is 0.317 e. The predicted molar refractivity (Wildman–Crippen MR) is 79.8 cm³/mol. The van der Waals surface area contributed by atoms with Crippen LogP contribution in [0.5, 0.6) is 5.75 Å². The van der Waals surface area contributed by atoms with Crippen LogP contribution in [-0.4, -0.2) is 35.2 Å². The molecular weight excluding hydrogens is 252 g/mol. The van der Waals surface area contributed by atoms with Gasteiger partial charge in [-0.2, -0.15) is 0 Å². The normalized spacial score (nSPS) is 17.4. The van der Waals surface area contributed by atoms with Gasteiger partial charge in [0.1, 0.15) is 5.75 Å². The van der Waals surface area contributed by atoms with Gasteiger partial charge in [0.2, 0.25) is 0 Å². The van der Waals surface area contributed by atoms with Crippen LogP contribution in [0.1, 0.15) is 38.2 Å². The summed E-state index contributed by atoms with van der Waals surface area (Å²) in [7, 11) is 0. The molecule has 2 rings (SSSR count). The van der Waals surface area contributed by atoms with E-state index in [9.17, 15) is 9.90 Å². The van der Waals surface area contributed by atoms with E-state index >= 15 is 0 Å². The standard InChI is InChI=1S/C16H24N2O2/c1-13(12-14-6-8-15(19)9-7-14)17-16(20)18-10-4-2-3-5-11-18/h6-9,13,19H,2-5,10-12H2,1H3,(H,17,20). The Balaban J connectivity index is 1.82. The third-order valence-electron chi connectivity index (χ3n) is 3.74. The van der Waals surface area contributed by atoms with E-state index in [1.165, 1.54) is 12.8 Å². The van der Waals surface area contributed by atoms with Crippen LogP contribution >= 0.6 is 0 Å². The first kappa shape index (κ1) is 14.7. The Morgan fingerprint density at radius 3 is 2.40 bits per heavy atom. The molecular formula is C16H24N2O2. The van der Waals surface area contributed by atoms with Gasteiger partial charge in [-0.25, -0.2) is 4.79 Å². The fraction of sp³-hybridized carbons (Fsp3) is 0.562. The van der Waals surface area contributed by atoms with Gasteiger partial charge < -0.3 is 15.3 Å². The summed E-state index contributed by atoms with van der Waals surface area (Å²) in [5.74, 6) is 0.273. The van der Waals surface area contributed by atoms with Crippen molar-refractivity contribution in [3.63, 3.8) is 0 Å². The third-order valence-corrected chi connectivity index (χ3v) is 3.74. The van der Waals surface area contributed by atoms with Crippen LogP contribution in [0.3, 0.4) is 0 Å². The van der Waals surface area contributed by atoms with Crippen molar-refractivity contribution in [1.82, 2.24) is 10.2 Å². The van der Waals surface area contributed by atoms with E-state index in [4.69, 9.17) is 0 Å². The molecule has 1 saturated heterocycles. The van der Waals surface area contributed by atoms with E-state index in [1.807, 2.05) is 24.0 Å². The summed E-state index contributed by atoms with van der Waals surface area (Å²) in [6, 6.07) is 7.29. The van der Waals surface area contributed by atoms with Crippen molar-refractivity contribution in [2.75, 3.05) is 13.1 Å². The van der Waals surface area contributed by atoms with Gasteiger partial charge in [-0.05, 0) is 43.9 Å². The number of nitrogens with one attached hydrogen (secondary N) is 1. The second-order valence-electron chi connectivity index (χ2n) is 5.62. The lowest BCUT2D eigenvalue weighted by Gasteiger charge is -2.23. The molecule has 110 valence electrons. The topological polar surface area (TPSA) is 52.6 Å². The van der Waals surface area contributed by atoms with Gasteiger partial charge in [-0.1, -0.05) is 25.0 Å². The van der Waals surface area contributed by atoms with Gasteiger partial charge in [-0.3, -0.25) is 0 Å². The van der Waals surface area contributed by atoms with E-state index in [0.29, 0.717) is 0 Å². The number of benzene rings is 1. The highest BCUT2D eigenvalue weighted by molar-refractivity contribution is 5.74. The number of phenols is 1. The lowest BCUT2D eigenvalue weighted by atomic mass is 10.1. The van der Waals surface area contributed by atoms with Gasteiger partial charge in [0, 0.05) is 19.1 Å². The molecule has 2 amide bonds. The van der Waals surface area contributed by atoms with Gasteiger partial charge in [0.05, 0.1) is 0 Å². The molecule has 1 aromatic rings. The minimum atomic E-state index is 0.0539. The van der Waals surface area contributed by atoms with Crippen molar-refractivity contribution in [3.05, 3.63) is 29.8 Å². The molecule has 0 aliphatic carbocycles. The molecule has 1 aliphatic rings. The molecule has 1 heterocycles. The van der Waals surface area contributed by atoms with Crippen LogP contribution in [0.25, 0.3) is 0 Å². The molecule has 0 aromatic heterocycles. The van der Waals surface area contributed by atoms with E-state index in [2.05, 4.69) is 5.32 Å². The van der Waals surface area contributed by atoms with Crippen molar-refractivity contribution < 1.29 is 9.90 Å². The summed E-state index contributed by atoms with van der Waals surface area (Å²) in [5.41, 5.74) is 1.12. The largest absolute Gasteiger partial charge is 0.508 e. The van der Waals surface area contributed by atoms with Crippen molar-refractivity contribution in [2.24, 2.45) is 0 Å². The summed E-state index contributed by atoms with van der Waals surface area (Å²) in [5, 5.41) is 12.3. The van der Waals surface area contributed by atoms with Crippen LogP contribution < -0.4 is 5.32 Å². The van der Waals surface area contributed by atoms with Gasteiger partial charge in [-0.15, -0.1) is 0 Å². The molecule has 0 bridgehead atoms. The van der Waals surface area contributed by atoms with E-state index in [1.54, 1.807) is 12.1 Å². The number of hydrogen-bond donors (Lipinski definition) is 2. The number of amides is 2. The fourth-order valence-corrected chi connectivity index (χ4v) is 2.61. The Labute approximate surface area is 120 Å². The number of hydrogen-bond acceptors (Lipinski definition) is 2. The lowest BCUT2D eigenvalue weighted by molar-refractivity contribution is 0.196. The van der Waals surface area contributed by atoms with E-state index in [-0.39, 0.29) is 17.8 Å². The molecule has 0 spiro atoms. The van der Waals surface area contributed by atoms with Gasteiger partial charge in [0.15, 0.2) is 0 Å². The molecule has 0 radical (unpaired) electrons. The Bertz CT molecular complexity index is 423. The van der Waals surface area contributed by atoms with Crippen LogP contribution in [0.4, 0.5) is 4.79 Å². The molecule has 1 aromatic carbocycles. The number of likely N-dealkylation sites (tertiary alicyclic amines) is 1. The molecule has 2 N–H and O–H groups in total. The fourth-order valence-electron chi connectivity index (χ4n) is 2.61. The lowest BCUT2D eigenvalue weighted by Crippen LogP contribution is -2.44. The van der Waals surface area contributed by atoms with Crippen molar-refractivity contribution in [2.45, 2.75) is 45.1 Å². The van der Waals surface area contributed by atoms with E-state index in [0.717, 1.165) is 37.9 Å². The smallest absolute Gasteiger partial charge is 0.317 e. The number of rotatable bonds is 3. The van der Waals surface area contributed by atoms with Crippen LogP contribution in [0.15, 0.2) is 24.3 Å². The Morgan fingerprint density at radius 2 is 1.80 bits per heavy atom. The average Bonchev–Trinajstić information content (AvgIpc) is 2.70. The predicted octanol–water partition coefficient (Wildman–Crippen LogP) is 2.91. The number of urea groups is 1. The molecule has 20 heavy (non-hydrogen) atoms. The van der Waals surface area contributed by atoms with Crippen LogP contribution in [0.2, 0.25) is 0 Å². The molecule has 4 heteroatoms. The Hall–Kier alpha value is -1.71. The first-order chi connectivity index (χ1) is 9.65. The highest BCUT2D eigenvalue weighted by Crippen LogP contribution is 2.12. The van der Waals surface area contributed by atoms with Crippen molar-refractivity contribution in [3.8, 4) is 5.75 Å².